The zero-order valence-electron chi connectivity index (χ0n) is 4.22. The van der Waals surface area contributed by atoms with Crippen LogP contribution in [-0.2, 0) is 13.6 Å². The van der Waals surface area contributed by atoms with Gasteiger partial charge < -0.3 is 9.05 Å². The van der Waals surface area contributed by atoms with Gasteiger partial charge in [0.05, 0.1) is 0 Å². The fraction of sp³-hybridized carbons (Fsp3) is 1.00. The van der Waals surface area contributed by atoms with Gasteiger partial charge in [-0.1, -0.05) is 0 Å². The van der Waals surface area contributed by atoms with E-state index in [-0.39, 0.29) is 23.9 Å². The van der Waals surface area contributed by atoms with E-state index in [1.54, 1.807) is 0 Å². The molecule has 0 amide bonds. The molecule has 0 aliphatic carbocycles. The predicted octanol–water partition coefficient (Wildman–Crippen LogP) is 0.288. The van der Waals surface area contributed by atoms with Crippen LogP contribution in [0, 0.1) is 0 Å². The summed E-state index contributed by atoms with van der Waals surface area (Å²) in [6.45, 7) is 0. The summed E-state index contributed by atoms with van der Waals surface area (Å²) in [6, 6.07) is 0. The number of hydrogen-bond acceptors (Lipinski definition) is 3. The average molecular weight is 229 g/mol. The molecule has 3 nitrogen and oxygen atoms in total. The summed E-state index contributed by atoms with van der Waals surface area (Å²) in [7, 11) is 0.558. The van der Waals surface area contributed by atoms with Crippen LogP contribution in [0.1, 0.15) is 0 Å². The first-order valence-electron chi connectivity index (χ1n) is 1.43. The summed E-state index contributed by atoms with van der Waals surface area (Å²) in [6.07, 6.45) is 0. The van der Waals surface area contributed by atoms with Gasteiger partial charge in [0.25, 0.3) is 0 Å². The predicted molar refractivity (Wildman–Crippen MR) is 28.8 cm³/mol. The fourth-order valence-electron chi connectivity index (χ4n) is 0.0833. The second kappa shape index (κ2) is 6.95. The molecule has 0 aromatic rings. The molecule has 0 unspecified atom stereocenters. The summed E-state index contributed by atoms with van der Waals surface area (Å²) in [5, 5.41) is 0. The van der Waals surface area contributed by atoms with Crippen molar-refractivity contribution in [2.24, 2.45) is 0 Å². The van der Waals surface area contributed by atoms with E-state index in [1.807, 2.05) is 0 Å². The van der Waals surface area contributed by atoms with Crippen molar-refractivity contribution in [1.82, 2.24) is 0 Å². The molecule has 0 heterocycles. The first kappa shape index (κ1) is 10.8. The molecule has 0 fully saturated rings. The van der Waals surface area contributed by atoms with Crippen LogP contribution >= 0.6 is 8.25 Å². The van der Waals surface area contributed by atoms with Crippen LogP contribution in [0.25, 0.3) is 0 Å². The van der Waals surface area contributed by atoms with Gasteiger partial charge in [0, 0.05) is 38.1 Å². The van der Waals surface area contributed by atoms with Gasteiger partial charge in [-0.15, -0.1) is 0 Å². The minimum absolute atomic E-state index is 0. The van der Waals surface area contributed by atoms with Gasteiger partial charge in [-0.2, -0.15) is 0 Å². The Morgan fingerprint density at radius 3 is 1.57 bits per heavy atom. The first-order chi connectivity index (χ1) is 2.81. The van der Waals surface area contributed by atoms with E-state index in [9.17, 15) is 4.57 Å². The van der Waals surface area contributed by atoms with E-state index < -0.39 is 8.25 Å². The van der Waals surface area contributed by atoms with Crippen molar-refractivity contribution in [3.05, 3.63) is 0 Å². The van der Waals surface area contributed by atoms with Crippen molar-refractivity contribution in [1.29, 1.82) is 0 Å². The van der Waals surface area contributed by atoms with E-state index in [0.717, 1.165) is 0 Å². The van der Waals surface area contributed by atoms with Crippen molar-refractivity contribution in [2.75, 3.05) is 14.2 Å². The van der Waals surface area contributed by atoms with E-state index in [0.29, 0.717) is 0 Å². The molecule has 0 rings (SSSR count). The third kappa shape index (κ3) is 6.95. The Bertz CT molecular complexity index is 50.9. The second-order valence-corrected chi connectivity index (χ2v) is 1.97. The van der Waals surface area contributed by atoms with Gasteiger partial charge in [-0.05, 0) is 0 Å². The van der Waals surface area contributed by atoms with Gasteiger partial charge >= 0.3 is 8.25 Å². The summed E-state index contributed by atoms with van der Waals surface area (Å²) >= 11 is 0. The van der Waals surface area contributed by atoms with Gasteiger partial charge in [-0.25, -0.2) is 0 Å². The molecule has 5 heteroatoms. The summed E-state index contributed by atoms with van der Waals surface area (Å²) in [5.41, 5.74) is 0. The molecular weight excluding hydrogens is 222 g/mol. The van der Waals surface area contributed by atoms with Crippen LogP contribution in [-0.4, -0.2) is 38.1 Å². The Kier molecular flexibility index (Phi) is 10.8. The Balaban J connectivity index is 0. The molecule has 0 atom stereocenters. The van der Waals surface area contributed by atoms with Crippen LogP contribution in [0.2, 0.25) is 0 Å². The van der Waals surface area contributed by atoms with Crippen molar-refractivity contribution < 1.29 is 13.6 Å². The standard InChI is InChI=1S/C2H7O3P.Sn/c1-4-6(3)5-2;/h6H,1-2H3;. The summed E-state index contributed by atoms with van der Waals surface area (Å²) < 4.78 is 18.4. The molecule has 0 aromatic carbocycles. The summed E-state index contributed by atoms with van der Waals surface area (Å²) in [5.74, 6) is 0. The largest absolute Gasteiger partial charge is 0.318 e. The third-order valence-corrected chi connectivity index (χ3v) is 1.00. The molecule has 7 heavy (non-hydrogen) atoms. The topological polar surface area (TPSA) is 35.5 Å². The fourth-order valence-corrected chi connectivity index (χ4v) is 0.250. The van der Waals surface area contributed by atoms with Crippen LogP contribution in [0.5, 0.6) is 0 Å². The monoisotopic (exact) mass is 230 g/mol. The molecule has 0 spiro atoms. The van der Waals surface area contributed by atoms with Crippen LogP contribution < -0.4 is 0 Å². The number of rotatable bonds is 2. The molecule has 42 valence electrons. The second-order valence-electron chi connectivity index (χ2n) is 0.658. The first-order valence-corrected chi connectivity index (χ1v) is 2.65. The normalized spacial score (nSPS) is 8.43. The zero-order valence-corrected chi connectivity index (χ0v) is 8.08. The van der Waals surface area contributed by atoms with Gasteiger partial charge in [0.1, 0.15) is 0 Å². The van der Waals surface area contributed by atoms with Crippen molar-refractivity contribution in [3.8, 4) is 0 Å². The average Bonchev–Trinajstić information content (AvgIpc) is 1.65. The minimum atomic E-state index is -2.12. The maximum atomic E-state index is 9.92. The molecular formula is C2H7O3PSn. The van der Waals surface area contributed by atoms with Gasteiger partial charge in [0.2, 0.25) is 0 Å². The maximum Gasteiger partial charge on any atom is 0.318 e. The number of hydrogen-bond donors (Lipinski definition) is 0. The molecule has 0 N–H and O–H groups in total. The summed E-state index contributed by atoms with van der Waals surface area (Å²) in [4.78, 5) is 0. The Labute approximate surface area is 60.3 Å². The van der Waals surface area contributed by atoms with Crippen LogP contribution in [0.4, 0.5) is 0 Å². The van der Waals surface area contributed by atoms with Crippen LogP contribution in [0.3, 0.4) is 0 Å². The molecule has 0 aromatic heterocycles. The Morgan fingerprint density at radius 2 is 1.57 bits per heavy atom. The van der Waals surface area contributed by atoms with E-state index in [4.69, 9.17) is 0 Å². The van der Waals surface area contributed by atoms with Gasteiger partial charge in [-0.3, -0.25) is 4.57 Å². The minimum Gasteiger partial charge on any atom is -0.314 e. The molecule has 0 aliphatic heterocycles. The maximum absolute atomic E-state index is 9.92. The van der Waals surface area contributed by atoms with E-state index in [1.165, 1.54) is 14.2 Å². The Hall–Kier alpha value is 0.949. The SMILES string of the molecule is CO[PH](=O)OC.[Sn]. The van der Waals surface area contributed by atoms with Crippen LogP contribution in [0.15, 0.2) is 0 Å². The molecule has 4 radical (unpaired) electrons. The van der Waals surface area contributed by atoms with Crippen molar-refractivity contribution in [3.63, 3.8) is 0 Å². The van der Waals surface area contributed by atoms with Gasteiger partial charge in [0.15, 0.2) is 0 Å². The quantitative estimate of drug-likeness (QED) is 0.504. The molecule has 0 saturated heterocycles. The molecule has 0 bridgehead atoms. The molecule has 0 saturated carbocycles. The smallest absolute Gasteiger partial charge is 0.314 e. The van der Waals surface area contributed by atoms with Crippen molar-refractivity contribution >= 4 is 32.2 Å². The Morgan fingerprint density at radius 1 is 1.29 bits per heavy atom. The van der Waals surface area contributed by atoms with Crippen molar-refractivity contribution in [2.45, 2.75) is 0 Å². The van der Waals surface area contributed by atoms with E-state index >= 15 is 0 Å². The molecule has 0 aliphatic rings. The zero-order chi connectivity index (χ0) is 4.99. The third-order valence-electron chi connectivity index (χ3n) is 0.333. The van der Waals surface area contributed by atoms with E-state index in [2.05, 4.69) is 9.05 Å².